The predicted octanol–water partition coefficient (Wildman–Crippen LogP) is 4.45. The molecule has 0 saturated carbocycles. The number of amides is 1. The molecule has 1 saturated heterocycles. The molecule has 184 valence electrons. The van der Waals surface area contributed by atoms with Crippen molar-refractivity contribution >= 4 is 33.3 Å². The van der Waals surface area contributed by atoms with Crippen LogP contribution in [0.3, 0.4) is 0 Å². The summed E-state index contributed by atoms with van der Waals surface area (Å²) in [5, 5.41) is 0.203. The average Bonchev–Trinajstić information content (AvgIpc) is 3.10. The van der Waals surface area contributed by atoms with Crippen molar-refractivity contribution in [2.75, 3.05) is 11.4 Å². The molecule has 8 nitrogen and oxygen atoms in total. The van der Waals surface area contributed by atoms with Gasteiger partial charge in [0, 0.05) is 34.9 Å². The van der Waals surface area contributed by atoms with Crippen LogP contribution in [0.15, 0.2) is 65.8 Å². The zero-order valence-corrected chi connectivity index (χ0v) is 21.3. The van der Waals surface area contributed by atoms with Crippen LogP contribution in [0.5, 0.6) is 5.88 Å². The summed E-state index contributed by atoms with van der Waals surface area (Å²) in [7, 11) is -4.26. The summed E-state index contributed by atoms with van der Waals surface area (Å²) in [6.45, 7) is 7.18. The quantitative estimate of drug-likeness (QED) is 0.497. The summed E-state index contributed by atoms with van der Waals surface area (Å²) in [4.78, 5) is 23.6. The summed E-state index contributed by atoms with van der Waals surface area (Å²) in [5.74, 6) is 0.170. The van der Waals surface area contributed by atoms with Crippen LogP contribution < -0.4 is 14.4 Å². The Kier molecular flexibility index (Phi) is 7.00. The Hall–Kier alpha value is -3.17. The summed E-state index contributed by atoms with van der Waals surface area (Å²) in [5.41, 5.74) is 0.696. The van der Waals surface area contributed by atoms with Gasteiger partial charge < -0.3 is 9.64 Å². The fraction of sp³-hybridized carbons (Fsp3) is 0.320. The van der Waals surface area contributed by atoms with Crippen LogP contribution in [0.1, 0.15) is 43.1 Å². The molecule has 35 heavy (non-hydrogen) atoms. The van der Waals surface area contributed by atoms with E-state index in [4.69, 9.17) is 16.3 Å². The molecule has 0 radical (unpaired) electrons. The Bertz CT molecular complexity index is 1350. The van der Waals surface area contributed by atoms with Gasteiger partial charge in [-0.05, 0) is 50.5 Å². The second-order valence-electron chi connectivity index (χ2n) is 9.00. The number of hydrogen-bond acceptors (Lipinski definition) is 7. The summed E-state index contributed by atoms with van der Waals surface area (Å²) >= 11 is 6.14. The topological polar surface area (TPSA) is 101 Å². The van der Waals surface area contributed by atoms with E-state index in [1.807, 2.05) is 6.07 Å². The molecule has 3 heterocycles. The number of aromatic nitrogens is 2. The molecule has 4 rings (SSSR count). The second-order valence-corrected chi connectivity index (χ2v) is 11.0. The Balaban J connectivity index is 1.53. The SMILES string of the molecule is CC1CCN(c2ncccc2C(=O)NS(=O)(=O)c2cccc(OCc3ccccc3Cl)n2)C1(C)C. The molecule has 0 bridgehead atoms. The Labute approximate surface area is 210 Å². The van der Waals surface area contributed by atoms with Crippen LogP contribution in [-0.2, 0) is 16.6 Å². The number of carbonyl (C=O) groups is 1. The van der Waals surface area contributed by atoms with Crippen molar-refractivity contribution in [3.63, 3.8) is 0 Å². The lowest BCUT2D eigenvalue weighted by molar-refractivity contribution is 0.0981. The molecule has 1 aliphatic heterocycles. The highest BCUT2D eigenvalue weighted by Crippen LogP contribution is 2.38. The van der Waals surface area contributed by atoms with Crippen LogP contribution in [0.25, 0.3) is 0 Å². The number of halogens is 1. The van der Waals surface area contributed by atoms with Gasteiger partial charge in [-0.3, -0.25) is 4.79 Å². The standard InChI is InChI=1S/C25H27ClN4O4S/c1-17-13-15-30(25(17,2)3)23-19(9-7-14-27-23)24(31)29-35(32,33)22-12-6-11-21(28-22)34-16-18-8-4-5-10-20(18)26/h4-12,14,17H,13,15-16H2,1-3H3,(H,29,31). The van der Waals surface area contributed by atoms with Crippen LogP contribution in [0.4, 0.5) is 5.82 Å². The maximum absolute atomic E-state index is 13.1. The molecule has 0 aliphatic carbocycles. The van der Waals surface area contributed by atoms with Crippen LogP contribution >= 0.6 is 11.6 Å². The van der Waals surface area contributed by atoms with Crippen LogP contribution in [0.2, 0.25) is 5.02 Å². The molecular formula is C25H27ClN4O4S. The maximum atomic E-state index is 13.1. The van der Waals surface area contributed by atoms with Crippen molar-refractivity contribution in [2.24, 2.45) is 5.92 Å². The fourth-order valence-corrected chi connectivity index (χ4v) is 5.14. The lowest BCUT2D eigenvalue weighted by Crippen LogP contribution is -2.43. The van der Waals surface area contributed by atoms with E-state index < -0.39 is 15.9 Å². The van der Waals surface area contributed by atoms with Gasteiger partial charge in [-0.15, -0.1) is 0 Å². The third-order valence-electron chi connectivity index (χ3n) is 6.51. The Morgan fingerprint density at radius 1 is 1.17 bits per heavy atom. The zero-order chi connectivity index (χ0) is 25.2. The van der Waals surface area contributed by atoms with E-state index in [9.17, 15) is 13.2 Å². The van der Waals surface area contributed by atoms with Crippen molar-refractivity contribution in [1.29, 1.82) is 0 Å². The van der Waals surface area contributed by atoms with Crippen molar-refractivity contribution in [3.05, 3.63) is 76.9 Å². The number of carbonyl (C=O) groups excluding carboxylic acids is 1. The number of hydrogen-bond donors (Lipinski definition) is 1. The normalized spacial score (nSPS) is 17.3. The maximum Gasteiger partial charge on any atom is 0.281 e. The summed E-state index contributed by atoms with van der Waals surface area (Å²) in [6, 6.07) is 14.7. The molecule has 1 fully saturated rings. The van der Waals surface area contributed by atoms with Crippen molar-refractivity contribution in [3.8, 4) is 5.88 Å². The van der Waals surface area contributed by atoms with Gasteiger partial charge in [0.2, 0.25) is 5.88 Å². The fourth-order valence-electron chi connectivity index (χ4n) is 4.02. The summed E-state index contributed by atoms with van der Waals surface area (Å²) < 4.78 is 33.8. The number of nitrogens with one attached hydrogen (secondary N) is 1. The molecule has 1 aliphatic rings. The summed E-state index contributed by atoms with van der Waals surface area (Å²) in [6.07, 6.45) is 2.55. The molecule has 10 heteroatoms. The average molecular weight is 515 g/mol. The van der Waals surface area contributed by atoms with E-state index in [-0.39, 0.29) is 28.6 Å². The number of rotatable bonds is 7. The second kappa shape index (κ2) is 9.83. The van der Waals surface area contributed by atoms with Gasteiger partial charge in [-0.2, -0.15) is 13.4 Å². The molecule has 1 unspecified atom stereocenters. The number of sulfonamides is 1. The van der Waals surface area contributed by atoms with Gasteiger partial charge in [0.15, 0.2) is 5.03 Å². The highest BCUT2D eigenvalue weighted by Gasteiger charge is 2.40. The third kappa shape index (κ3) is 5.26. The molecule has 1 aromatic carbocycles. The molecular weight excluding hydrogens is 488 g/mol. The van der Waals surface area contributed by atoms with E-state index >= 15 is 0 Å². The first kappa shape index (κ1) is 24.9. The largest absolute Gasteiger partial charge is 0.473 e. The highest BCUT2D eigenvalue weighted by atomic mass is 35.5. The van der Waals surface area contributed by atoms with Crippen molar-refractivity contribution < 1.29 is 17.9 Å². The molecule has 1 N–H and O–H groups in total. The van der Waals surface area contributed by atoms with E-state index in [1.165, 1.54) is 18.2 Å². The number of benzene rings is 1. The Morgan fingerprint density at radius 2 is 1.94 bits per heavy atom. The van der Waals surface area contributed by atoms with Crippen molar-refractivity contribution in [2.45, 2.75) is 44.4 Å². The van der Waals surface area contributed by atoms with Gasteiger partial charge in [-0.25, -0.2) is 9.71 Å². The van der Waals surface area contributed by atoms with Gasteiger partial charge in [0.1, 0.15) is 12.4 Å². The highest BCUT2D eigenvalue weighted by molar-refractivity contribution is 7.90. The molecule has 3 aromatic rings. The molecule has 1 atom stereocenters. The van der Waals surface area contributed by atoms with E-state index in [0.717, 1.165) is 18.5 Å². The first-order valence-electron chi connectivity index (χ1n) is 11.2. The van der Waals surface area contributed by atoms with Gasteiger partial charge >= 0.3 is 0 Å². The van der Waals surface area contributed by atoms with Gasteiger partial charge in [0.25, 0.3) is 15.9 Å². The number of pyridine rings is 2. The van der Waals surface area contributed by atoms with Crippen LogP contribution in [0, 0.1) is 5.92 Å². The lowest BCUT2D eigenvalue weighted by atomic mass is 9.90. The lowest BCUT2D eigenvalue weighted by Gasteiger charge is -2.36. The minimum absolute atomic E-state index is 0.0927. The number of ether oxygens (including phenoxy) is 1. The Morgan fingerprint density at radius 3 is 2.66 bits per heavy atom. The van der Waals surface area contributed by atoms with Crippen molar-refractivity contribution in [1.82, 2.24) is 14.7 Å². The first-order valence-corrected chi connectivity index (χ1v) is 13.1. The minimum atomic E-state index is -4.26. The third-order valence-corrected chi connectivity index (χ3v) is 8.11. The molecule has 2 aromatic heterocycles. The number of nitrogens with zero attached hydrogens (tertiary/aromatic N) is 3. The molecule has 1 amide bonds. The van der Waals surface area contributed by atoms with Gasteiger partial charge in [0.05, 0.1) is 5.56 Å². The number of anilines is 1. The van der Waals surface area contributed by atoms with E-state index in [2.05, 4.69) is 40.4 Å². The predicted molar refractivity (Wildman–Crippen MR) is 134 cm³/mol. The zero-order valence-electron chi connectivity index (χ0n) is 19.7. The minimum Gasteiger partial charge on any atom is -0.473 e. The van der Waals surface area contributed by atoms with E-state index in [0.29, 0.717) is 16.8 Å². The molecule has 0 spiro atoms. The van der Waals surface area contributed by atoms with Crippen LogP contribution in [-0.4, -0.2) is 36.4 Å². The smallest absolute Gasteiger partial charge is 0.281 e. The monoisotopic (exact) mass is 514 g/mol. The van der Waals surface area contributed by atoms with Gasteiger partial charge in [-0.1, -0.05) is 42.8 Å². The first-order chi connectivity index (χ1) is 16.6. The van der Waals surface area contributed by atoms with E-state index in [1.54, 1.807) is 36.5 Å².